The van der Waals surface area contributed by atoms with Crippen LogP contribution in [0.2, 0.25) is 5.02 Å². The van der Waals surface area contributed by atoms with Crippen LogP contribution in [0.4, 0.5) is 5.69 Å². The van der Waals surface area contributed by atoms with E-state index in [0.717, 1.165) is 55.5 Å². The van der Waals surface area contributed by atoms with Gasteiger partial charge in [0.25, 0.3) is 0 Å². The van der Waals surface area contributed by atoms with E-state index in [2.05, 4.69) is 39.2 Å². The SMILES string of the molecule is Cc1ccc2[nH]c(C(=O)CCCN3CCC4(CC3)C(=O)NCN4c3ccc(Cl)cc3)cc2c1. The highest BCUT2D eigenvalue weighted by Gasteiger charge is 2.50. The number of aromatic amines is 1. The smallest absolute Gasteiger partial charge is 0.247 e. The number of rotatable bonds is 6. The number of benzene rings is 2. The van der Waals surface area contributed by atoms with Gasteiger partial charge in [-0.3, -0.25) is 9.59 Å². The van der Waals surface area contributed by atoms with Crippen molar-refractivity contribution in [1.29, 1.82) is 0 Å². The second-order valence-corrected chi connectivity index (χ2v) is 9.68. The normalized spacial score (nSPS) is 18.2. The number of nitrogens with zero attached hydrogens (tertiary/aromatic N) is 2. The van der Waals surface area contributed by atoms with Gasteiger partial charge in [0.2, 0.25) is 5.91 Å². The quantitative estimate of drug-likeness (QED) is 0.526. The largest absolute Gasteiger partial charge is 0.352 e. The Balaban J connectivity index is 1.16. The van der Waals surface area contributed by atoms with Crippen molar-refractivity contribution in [3.63, 3.8) is 0 Å². The van der Waals surface area contributed by atoms with Crippen molar-refractivity contribution in [1.82, 2.24) is 15.2 Å². The summed E-state index contributed by atoms with van der Waals surface area (Å²) in [5, 5.41) is 4.81. The van der Waals surface area contributed by atoms with Crippen LogP contribution in [0.5, 0.6) is 0 Å². The third-order valence-electron chi connectivity index (χ3n) is 7.11. The zero-order valence-corrected chi connectivity index (χ0v) is 19.6. The Morgan fingerprint density at radius 2 is 1.85 bits per heavy atom. The van der Waals surface area contributed by atoms with Gasteiger partial charge in [-0.25, -0.2) is 0 Å². The molecule has 2 saturated heterocycles. The van der Waals surface area contributed by atoms with Crippen molar-refractivity contribution in [2.45, 2.75) is 38.1 Å². The second-order valence-electron chi connectivity index (χ2n) is 9.24. The highest BCUT2D eigenvalue weighted by molar-refractivity contribution is 6.30. The molecule has 2 aliphatic rings. The molecule has 3 aromatic rings. The molecule has 2 aliphatic heterocycles. The third-order valence-corrected chi connectivity index (χ3v) is 7.37. The number of hydrogen-bond donors (Lipinski definition) is 2. The van der Waals surface area contributed by atoms with Gasteiger partial charge in [-0.2, -0.15) is 0 Å². The summed E-state index contributed by atoms with van der Waals surface area (Å²) in [7, 11) is 0. The lowest BCUT2D eigenvalue weighted by atomic mass is 9.85. The fourth-order valence-electron chi connectivity index (χ4n) is 5.19. The van der Waals surface area contributed by atoms with Gasteiger partial charge >= 0.3 is 0 Å². The predicted octanol–water partition coefficient (Wildman–Crippen LogP) is 4.52. The van der Waals surface area contributed by atoms with Crippen molar-refractivity contribution in [2.24, 2.45) is 0 Å². The molecule has 172 valence electrons. The van der Waals surface area contributed by atoms with E-state index < -0.39 is 5.54 Å². The molecule has 0 unspecified atom stereocenters. The number of carbonyl (C=O) groups is 2. The lowest BCUT2D eigenvalue weighted by molar-refractivity contribution is -0.125. The van der Waals surface area contributed by atoms with E-state index in [9.17, 15) is 9.59 Å². The first-order valence-corrected chi connectivity index (χ1v) is 12.0. The van der Waals surface area contributed by atoms with Crippen molar-refractivity contribution < 1.29 is 9.59 Å². The summed E-state index contributed by atoms with van der Waals surface area (Å²) in [5.41, 5.74) is 3.40. The molecule has 0 atom stereocenters. The number of amides is 1. The fourth-order valence-corrected chi connectivity index (χ4v) is 5.32. The predicted molar refractivity (Wildman–Crippen MR) is 132 cm³/mol. The summed E-state index contributed by atoms with van der Waals surface area (Å²) in [6.45, 7) is 5.14. The summed E-state index contributed by atoms with van der Waals surface area (Å²) in [4.78, 5) is 33.3. The Labute approximate surface area is 198 Å². The Kier molecular flexibility index (Phi) is 5.89. The number of likely N-dealkylation sites (tertiary alicyclic amines) is 1. The van der Waals surface area contributed by atoms with Gasteiger partial charge in [0, 0.05) is 41.1 Å². The summed E-state index contributed by atoms with van der Waals surface area (Å²) in [6.07, 6.45) is 2.88. The lowest BCUT2D eigenvalue weighted by Crippen LogP contribution is -2.56. The molecule has 0 saturated carbocycles. The molecule has 2 N–H and O–H groups in total. The Hall–Kier alpha value is -2.83. The molecule has 2 aromatic carbocycles. The molecule has 5 rings (SSSR count). The maximum atomic E-state index is 12.8. The van der Waals surface area contributed by atoms with E-state index >= 15 is 0 Å². The standard InChI is InChI=1S/C26H29ClN4O2/c1-18-4-9-22-19(15-18)16-23(29-22)24(32)3-2-12-30-13-10-26(11-14-30)25(33)28-17-31(26)21-7-5-20(27)6-8-21/h4-9,15-16,29H,2-3,10-14,17H2,1H3,(H,28,33). The molecule has 0 bridgehead atoms. The van der Waals surface area contributed by atoms with E-state index in [0.29, 0.717) is 23.8 Å². The molecule has 1 aromatic heterocycles. The summed E-state index contributed by atoms with van der Waals surface area (Å²) in [6, 6.07) is 15.8. The van der Waals surface area contributed by atoms with Gasteiger partial charge in [-0.1, -0.05) is 23.2 Å². The van der Waals surface area contributed by atoms with Gasteiger partial charge in [-0.15, -0.1) is 0 Å². The molecule has 3 heterocycles. The van der Waals surface area contributed by atoms with Gasteiger partial charge in [0.1, 0.15) is 5.54 Å². The van der Waals surface area contributed by atoms with Crippen molar-refractivity contribution >= 4 is 39.9 Å². The number of aryl methyl sites for hydroxylation is 1. The molecule has 33 heavy (non-hydrogen) atoms. The minimum atomic E-state index is -0.497. The van der Waals surface area contributed by atoms with E-state index in [4.69, 9.17) is 11.6 Å². The van der Waals surface area contributed by atoms with Crippen LogP contribution in [-0.2, 0) is 4.79 Å². The van der Waals surface area contributed by atoms with Crippen molar-refractivity contribution in [3.05, 3.63) is 64.8 Å². The number of halogens is 1. The number of fused-ring (bicyclic) bond motifs is 1. The Bertz CT molecular complexity index is 1180. The molecular formula is C26H29ClN4O2. The van der Waals surface area contributed by atoms with Crippen LogP contribution in [0.3, 0.4) is 0 Å². The number of Topliss-reactive ketones (excluding diaryl/α,β-unsaturated/α-hetero) is 1. The van der Waals surface area contributed by atoms with Crippen LogP contribution in [0.25, 0.3) is 10.9 Å². The first-order chi connectivity index (χ1) is 15.9. The fraction of sp³-hybridized carbons (Fsp3) is 0.385. The first-order valence-electron chi connectivity index (χ1n) is 11.6. The summed E-state index contributed by atoms with van der Waals surface area (Å²) < 4.78 is 0. The minimum absolute atomic E-state index is 0.112. The number of aromatic nitrogens is 1. The third kappa shape index (κ3) is 4.25. The van der Waals surface area contributed by atoms with Gasteiger partial charge in [-0.05, 0) is 75.2 Å². The molecule has 1 spiro atoms. The molecule has 2 fully saturated rings. The van der Waals surface area contributed by atoms with Crippen LogP contribution in [0, 0.1) is 6.92 Å². The zero-order chi connectivity index (χ0) is 23.0. The number of ketones is 1. The van der Waals surface area contributed by atoms with Crippen LogP contribution >= 0.6 is 11.6 Å². The second kappa shape index (κ2) is 8.84. The number of nitrogens with one attached hydrogen (secondary N) is 2. The van der Waals surface area contributed by atoms with Crippen LogP contribution in [-0.4, -0.2) is 53.4 Å². The number of piperidine rings is 1. The van der Waals surface area contributed by atoms with E-state index in [1.54, 1.807) is 0 Å². The molecule has 0 radical (unpaired) electrons. The van der Waals surface area contributed by atoms with E-state index in [1.165, 1.54) is 5.56 Å². The minimum Gasteiger partial charge on any atom is -0.352 e. The molecule has 1 amide bonds. The first kappa shape index (κ1) is 22.0. The average molecular weight is 465 g/mol. The van der Waals surface area contributed by atoms with Gasteiger partial charge in [0.15, 0.2) is 5.78 Å². The van der Waals surface area contributed by atoms with Crippen molar-refractivity contribution in [3.8, 4) is 0 Å². The lowest BCUT2D eigenvalue weighted by Gasteiger charge is -2.43. The highest BCUT2D eigenvalue weighted by Crippen LogP contribution is 2.36. The summed E-state index contributed by atoms with van der Waals surface area (Å²) in [5.74, 6) is 0.266. The van der Waals surface area contributed by atoms with E-state index in [1.807, 2.05) is 36.4 Å². The number of hydrogen-bond acceptors (Lipinski definition) is 4. The topological polar surface area (TPSA) is 68.4 Å². The van der Waals surface area contributed by atoms with E-state index in [-0.39, 0.29) is 11.7 Å². The Morgan fingerprint density at radius 3 is 2.61 bits per heavy atom. The molecule has 0 aliphatic carbocycles. The van der Waals surface area contributed by atoms with Crippen LogP contribution in [0.1, 0.15) is 41.7 Å². The molecule has 7 heteroatoms. The zero-order valence-electron chi connectivity index (χ0n) is 18.9. The monoisotopic (exact) mass is 464 g/mol. The van der Waals surface area contributed by atoms with Crippen molar-refractivity contribution in [2.75, 3.05) is 31.2 Å². The van der Waals surface area contributed by atoms with Crippen LogP contribution in [0.15, 0.2) is 48.5 Å². The number of anilines is 1. The summed E-state index contributed by atoms with van der Waals surface area (Å²) >= 11 is 6.05. The maximum Gasteiger partial charge on any atom is 0.247 e. The maximum absolute atomic E-state index is 12.8. The molecular weight excluding hydrogens is 436 g/mol. The Morgan fingerprint density at radius 1 is 1.09 bits per heavy atom. The number of carbonyl (C=O) groups excluding carboxylic acids is 2. The van der Waals surface area contributed by atoms with Gasteiger partial charge < -0.3 is 20.1 Å². The van der Waals surface area contributed by atoms with Gasteiger partial charge in [0.05, 0.1) is 12.4 Å². The number of H-pyrrole nitrogens is 1. The van der Waals surface area contributed by atoms with Crippen LogP contribution < -0.4 is 10.2 Å². The average Bonchev–Trinajstić information content (AvgIpc) is 3.37. The highest BCUT2D eigenvalue weighted by atomic mass is 35.5. The molecule has 6 nitrogen and oxygen atoms in total.